The first-order valence-electron chi connectivity index (χ1n) is 9.38. The van der Waals surface area contributed by atoms with Crippen LogP contribution in [0.3, 0.4) is 0 Å². The first-order valence-corrected chi connectivity index (χ1v) is 10.4. The summed E-state index contributed by atoms with van der Waals surface area (Å²) >= 11 is 1.33. The van der Waals surface area contributed by atoms with Crippen LogP contribution in [0.15, 0.2) is 64.9 Å². The monoisotopic (exact) mass is 409 g/mol. The number of nitrogens with zero attached hydrogens (tertiary/aromatic N) is 4. The normalized spacial score (nSPS) is 11.4. The highest BCUT2D eigenvalue weighted by molar-refractivity contribution is 7.99. The molecule has 0 radical (unpaired) electrons. The largest absolute Gasteiger partial charge is 0.508 e. The van der Waals surface area contributed by atoms with Crippen molar-refractivity contribution in [3.05, 3.63) is 60.2 Å². The number of thioether (sulfide) groups is 1. The molecule has 29 heavy (non-hydrogen) atoms. The van der Waals surface area contributed by atoms with Crippen LogP contribution in [-0.2, 0) is 11.3 Å². The van der Waals surface area contributed by atoms with Crippen LogP contribution in [0.5, 0.6) is 5.75 Å². The van der Waals surface area contributed by atoms with E-state index >= 15 is 0 Å². The molecule has 1 aromatic heterocycles. The molecule has 0 saturated heterocycles. The Morgan fingerprint density at radius 1 is 1.10 bits per heavy atom. The number of aromatic nitrogens is 3. The van der Waals surface area contributed by atoms with E-state index < -0.39 is 0 Å². The highest BCUT2D eigenvalue weighted by atomic mass is 32.2. The van der Waals surface area contributed by atoms with Gasteiger partial charge >= 0.3 is 0 Å². The lowest BCUT2D eigenvalue weighted by Gasteiger charge is -2.07. The molecule has 0 saturated carbocycles. The van der Waals surface area contributed by atoms with Crippen LogP contribution in [0.1, 0.15) is 25.8 Å². The van der Waals surface area contributed by atoms with Gasteiger partial charge in [0.1, 0.15) is 5.75 Å². The molecular formula is C21H23N5O2S. The zero-order valence-electron chi connectivity index (χ0n) is 16.4. The summed E-state index contributed by atoms with van der Waals surface area (Å²) in [6, 6.07) is 16.6. The predicted molar refractivity (Wildman–Crippen MR) is 115 cm³/mol. The van der Waals surface area contributed by atoms with Crippen LogP contribution in [0.25, 0.3) is 11.4 Å². The van der Waals surface area contributed by atoms with Crippen LogP contribution in [0.4, 0.5) is 0 Å². The minimum Gasteiger partial charge on any atom is -0.508 e. The van der Waals surface area contributed by atoms with E-state index in [1.807, 2.05) is 48.7 Å². The van der Waals surface area contributed by atoms with Gasteiger partial charge in [-0.3, -0.25) is 4.79 Å². The fourth-order valence-electron chi connectivity index (χ4n) is 2.78. The van der Waals surface area contributed by atoms with Crippen molar-refractivity contribution < 1.29 is 9.90 Å². The average Bonchev–Trinajstić information content (AvgIpc) is 3.17. The number of hydrogen-bond donors (Lipinski definition) is 2. The van der Waals surface area contributed by atoms with E-state index in [0.29, 0.717) is 18.1 Å². The molecular weight excluding hydrogens is 386 g/mol. The van der Waals surface area contributed by atoms with Crippen molar-refractivity contribution in [3.63, 3.8) is 0 Å². The molecule has 0 unspecified atom stereocenters. The molecule has 0 aliphatic rings. The Morgan fingerprint density at radius 2 is 1.83 bits per heavy atom. The Balaban J connectivity index is 1.63. The first-order chi connectivity index (χ1) is 14.1. The molecule has 0 aliphatic carbocycles. The second-order valence-electron chi connectivity index (χ2n) is 6.20. The van der Waals surface area contributed by atoms with Crippen molar-refractivity contribution >= 4 is 23.4 Å². The summed E-state index contributed by atoms with van der Waals surface area (Å²) < 4.78 is 1.99. The zero-order chi connectivity index (χ0) is 20.6. The Hall–Kier alpha value is -3.13. The van der Waals surface area contributed by atoms with Gasteiger partial charge in [-0.2, -0.15) is 5.10 Å². The number of phenolic OH excluding ortho intramolecular Hbond substituents is 1. The molecule has 0 fully saturated rings. The lowest BCUT2D eigenvalue weighted by molar-refractivity contribution is -0.118. The Kier molecular flexibility index (Phi) is 7.02. The second kappa shape index (κ2) is 9.88. The molecule has 3 rings (SSSR count). The van der Waals surface area contributed by atoms with Gasteiger partial charge in [0.2, 0.25) is 0 Å². The molecule has 0 atom stereocenters. The molecule has 3 aromatic rings. The lowest BCUT2D eigenvalue weighted by atomic mass is 10.1. The van der Waals surface area contributed by atoms with E-state index in [1.165, 1.54) is 11.8 Å². The summed E-state index contributed by atoms with van der Waals surface area (Å²) in [6.07, 6.45) is 0.656. The highest BCUT2D eigenvalue weighted by Crippen LogP contribution is 2.23. The molecule has 0 aliphatic heterocycles. The minimum atomic E-state index is -0.216. The topological polar surface area (TPSA) is 92.4 Å². The van der Waals surface area contributed by atoms with Crippen molar-refractivity contribution in [1.82, 2.24) is 20.2 Å². The van der Waals surface area contributed by atoms with Crippen LogP contribution >= 0.6 is 11.8 Å². The van der Waals surface area contributed by atoms with Crippen molar-refractivity contribution in [3.8, 4) is 17.1 Å². The molecule has 7 nitrogen and oxygen atoms in total. The van der Waals surface area contributed by atoms with Gasteiger partial charge in [0.25, 0.3) is 5.91 Å². The SMILES string of the molecule is CC/C(=N\NC(=O)CSc1nnc(-c2ccccc2)n1CC)c1ccc(O)cc1. The van der Waals surface area contributed by atoms with E-state index in [0.717, 1.165) is 22.7 Å². The summed E-state index contributed by atoms with van der Waals surface area (Å²) in [7, 11) is 0. The smallest absolute Gasteiger partial charge is 0.250 e. The van der Waals surface area contributed by atoms with Gasteiger partial charge < -0.3 is 9.67 Å². The summed E-state index contributed by atoms with van der Waals surface area (Å²) in [4.78, 5) is 12.3. The van der Waals surface area contributed by atoms with Crippen molar-refractivity contribution in [1.29, 1.82) is 0 Å². The van der Waals surface area contributed by atoms with Crippen LogP contribution in [0.2, 0.25) is 0 Å². The van der Waals surface area contributed by atoms with Gasteiger partial charge in [-0.05, 0) is 43.2 Å². The average molecular weight is 410 g/mol. The lowest BCUT2D eigenvalue weighted by Crippen LogP contribution is -2.22. The number of hydrazone groups is 1. The third-order valence-corrected chi connectivity index (χ3v) is 5.22. The zero-order valence-corrected chi connectivity index (χ0v) is 17.2. The van der Waals surface area contributed by atoms with Gasteiger partial charge in [-0.25, -0.2) is 5.43 Å². The Morgan fingerprint density at radius 3 is 2.48 bits per heavy atom. The second-order valence-corrected chi connectivity index (χ2v) is 7.14. The van der Waals surface area contributed by atoms with Crippen LogP contribution in [0, 0.1) is 0 Å². The highest BCUT2D eigenvalue weighted by Gasteiger charge is 2.14. The number of nitrogens with one attached hydrogen (secondary N) is 1. The van der Waals surface area contributed by atoms with Crippen molar-refractivity contribution in [2.45, 2.75) is 32.0 Å². The third-order valence-electron chi connectivity index (χ3n) is 4.25. The van der Waals surface area contributed by atoms with Crippen LogP contribution in [-0.4, -0.2) is 37.2 Å². The van der Waals surface area contributed by atoms with Crippen molar-refractivity contribution in [2.24, 2.45) is 5.10 Å². The van der Waals surface area contributed by atoms with Gasteiger partial charge in [0, 0.05) is 12.1 Å². The van der Waals surface area contributed by atoms with E-state index in [-0.39, 0.29) is 17.4 Å². The maximum atomic E-state index is 12.3. The number of rotatable bonds is 8. The Bertz CT molecular complexity index is 984. The minimum absolute atomic E-state index is 0.184. The molecule has 1 amide bonds. The number of phenols is 1. The molecule has 8 heteroatoms. The molecule has 0 bridgehead atoms. The molecule has 0 spiro atoms. The summed E-state index contributed by atoms with van der Waals surface area (Å²) in [5.74, 6) is 0.948. The molecule has 150 valence electrons. The fraction of sp³-hybridized carbons (Fsp3) is 0.238. The number of hydrogen-bond acceptors (Lipinski definition) is 6. The van der Waals surface area contributed by atoms with Gasteiger partial charge in [-0.15, -0.1) is 10.2 Å². The van der Waals surface area contributed by atoms with Crippen molar-refractivity contribution in [2.75, 3.05) is 5.75 Å². The maximum Gasteiger partial charge on any atom is 0.250 e. The van der Waals surface area contributed by atoms with Gasteiger partial charge in [-0.1, -0.05) is 49.0 Å². The van der Waals surface area contributed by atoms with E-state index in [1.54, 1.807) is 24.3 Å². The Labute approximate surface area is 173 Å². The maximum absolute atomic E-state index is 12.3. The molecule has 2 aromatic carbocycles. The quantitative estimate of drug-likeness (QED) is 0.336. The van der Waals surface area contributed by atoms with E-state index in [2.05, 4.69) is 20.7 Å². The summed E-state index contributed by atoms with van der Waals surface area (Å²) in [6.45, 7) is 4.69. The summed E-state index contributed by atoms with van der Waals surface area (Å²) in [5.41, 5.74) is 5.19. The number of carbonyl (C=O) groups is 1. The number of aromatic hydroxyl groups is 1. The number of benzene rings is 2. The van der Waals surface area contributed by atoms with E-state index in [9.17, 15) is 9.90 Å². The molecule has 1 heterocycles. The van der Waals surface area contributed by atoms with Crippen LogP contribution < -0.4 is 5.43 Å². The molecule has 2 N–H and O–H groups in total. The summed E-state index contributed by atoms with van der Waals surface area (Å²) in [5, 5.41) is 22.8. The standard InChI is InChI=1S/C21H23N5O2S/c1-3-18(15-10-12-17(27)13-11-15)22-23-19(28)14-29-21-25-24-20(26(21)4-2)16-8-6-5-7-9-16/h5-13,27H,3-4,14H2,1-2H3,(H,23,28)/b22-18+. The van der Waals surface area contributed by atoms with Gasteiger partial charge in [0.05, 0.1) is 11.5 Å². The van der Waals surface area contributed by atoms with E-state index in [4.69, 9.17) is 0 Å². The fourth-order valence-corrected chi connectivity index (χ4v) is 3.57. The number of amides is 1. The number of carbonyl (C=O) groups excluding carboxylic acids is 1. The van der Waals surface area contributed by atoms with Gasteiger partial charge in [0.15, 0.2) is 11.0 Å². The third kappa shape index (κ3) is 5.23. The first kappa shape index (κ1) is 20.6. The predicted octanol–water partition coefficient (Wildman–Crippen LogP) is 3.69.